The zero-order chi connectivity index (χ0) is 50.0. The molecule has 0 saturated carbocycles. The molecular weight excluding hydrogens is 851 g/mol. The van der Waals surface area contributed by atoms with Gasteiger partial charge in [0.25, 0.3) is 0 Å². The van der Waals surface area contributed by atoms with Crippen molar-refractivity contribution < 1.29 is 24.5 Å². The molecular formula is C63H123NO5. The van der Waals surface area contributed by atoms with Crippen molar-refractivity contribution in [1.29, 1.82) is 0 Å². The average Bonchev–Trinajstić information content (AvgIpc) is 3.35. The zero-order valence-corrected chi connectivity index (χ0v) is 46.8. The number of aliphatic hydroxyl groups excluding tert-OH is 2. The van der Waals surface area contributed by atoms with Gasteiger partial charge in [0.2, 0.25) is 5.91 Å². The highest BCUT2D eigenvalue weighted by molar-refractivity contribution is 5.76. The maximum absolute atomic E-state index is 12.5. The quantitative estimate of drug-likeness (QED) is 0.0321. The van der Waals surface area contributed by atoms with Gasteiger partial charge in [0.15, 0.2) is 0 Å². The van der Waals surface area contributed by atoms with Gasteiger partial charge in [0.1, 0.15) is 0 Å². The van der Waals surface area contributed by atoms with Gasteiger partial charge in [-0.3, -0.25) is 9.59 Å². The summed E-state index contributed by atoms with van der Waals surface area (Å²) in [5.74, 6) is -0.0399. The number of aliphatic hydroxyl groups is 2. The molecule has 0 radical (unpaired) electrons. The summed E-state index contributed by atoms with van der Waals surface area (Å²) in [4.78, 5) is 24.5. The van der Waals surface area contributed by atoms with E-state index in [1.54, 1.807) is 0 Å². The van der Waals surface area contributed by atoms with Crippen LogP contribution in [0.4, 0.5) is 0 Å². The SMILES string of the molecule is CCCCC/C=C\CCCCCCCC(=O)OCCCCCCCCCCCCCCCCCCCC(=O)NC(CO)C(O)CCCCCCCCCCCCCCCCCCCCCCCCC. The third-order valence-corrected chi connectivity index (χ3v) is 14.8. The smallest absolute Gasteiger partial charge is 0.305 e. The van der Waals surface area contributed by atoms with Crippen molar-refractivity contribution in [2.24, 2.45) is 0 Å². The van der Waals surface area contributed by atoms with Crippen LogP contribution in [0.1, 0.15) is 354 Å². The van der Waals surface area contributed by atoms with Crippen molar-refractivity contribution in [3.63, 3.8) is 0 Å². The summed E-state index contributed by atoms with van der Waals surface area (Å²) in [7, 11) is 0. The van der Waals surface area contributed by atoms with E-state index < -0.39 is 12.1 Å². The van der Waals surface area contributed by atoms with E-state index in [1.807, 2.05) is 0 Å². The lowest BCUT2D eigenvalue weighted by molar-refractivity contribution is -0.143. The van der Waals surface area contributed by atoms with Crippen LogP contribution in [0.15, 0.2) is 12.2 Å². The van der Waals surface area contributed by atoms with Gasteiger partial charge >= 0.3 is 5.97 Å². The van der Waals surface area contributed by atoms with Crippen molar-refractivity contribution in [2.45, 2.75) is 366 Å². The molecule has 0 fully saturated rings. The lowest BCUT2D eigenvalue weighted by Gasteiger charge is -2.22. The number of nitrogens with one attached hydrogen (secondary N) is 1. The highest BCUT2D eigenvalue weighted by Crippen LogP contribution is 2.18. The van der Waals surface area contributed by atoms with E-state index in [0.29, 0.717) is 25.9 Å². The minimum Gasteiger partial charge on any atom is -0.466 e. The average molecular weight is 975 g/mol. The van der Waals surface area contributed by atoms with E-state index in [-0.39, 0.29) is 18.5 Å². The molecule has 0 aliphatic heterocycles. The van der Waals surface area contributed by atoms with E-state index in [9.17, 15) is 19.8 Å². The second kappa shape index (κ2) is 59.2. The first-order valence-corrected chi connectivity index (χ1v) is 31.4. The second-order valence-corrected chi connectivity index (χ2v) is 21.7. The molecule has 410 valence electrons. The lowest BCUT2D eigenvalue weighted by atomic mass is 10.0. The van der Waals surface area contributed by atoms with Crippen molar-refractivity contribution in [2.75, 3.05) is 13.2 Å². The number of rotatable bonds is 59. The molecule has 0 aromatic heterocycles. The van der Waals surface area contributed by atoms with E-state index in [2.05, 4.69) is 31.3 Å². The van der Waals surface area contributed by atoms with Crippen molar-refractivity contribution in [3.8, 4) is 0 Å². The van der Waals surface area contributed by atoms with Crippen LogP contribution in [0.3, 0.4) is 0 Å². The summed E-state index contributed by atoms with van der Waals surface area (Å²) >= 11 is 0. The fourth-order valence-electron chi connectivity index (χ4n) is 9.99. The maximum Gasteiger partial charge on any atom is 0.305 e. The number of unbranched alkanes of at least 4 members (excludes halogenated alkanes) is 46. The molecule has 69 heavy (non-hydrogen) atoms. The summed E-state index contributed by atoms with van der Waals surface area (Å²) in [6, 6.07) is -0.546. The predicted molar refractivity (Wildman–Crippen MR) is 301 cm³/mol. The minimum atomic E-state index is -0.669. The van der Waals surface area contributed by atoms with E-state index in [4.69, 9.17) is 4.74 Å². The Morgan fingerprint density at radius 3 is 1.06 bits per heavy atom. The fraction of sp³-hybridized carbons (Fsp3) is 0.937. The van der Waals surface area contributed by atoms with Crippen LogP contribution in [0.2, 0.25) is 0 Å². The van der Waals surface area contributed by atoms with E-state index in [0.717, 1.165) is 44.9 Å². The molecule has 3 N–H and O–H groups in total. The number of esters is 1. The van der Waals surface area contributed by atoms with Crippen molar-refractivity contribution in [3.05, 3.63) is 12.2 Å². The van der Waals surface area contributed by atoms with Gasteiger partial charge < -0.3 is 20.3 Å². The molecule has 0 rings (SSSR count). The Hall–Kier alpha value is -1.40. The number of hydrogen-bond donors (Lipinski definition) is 3. The topological polar surface area (TPSA) is 95.9 Å². The standard InChI is InChI=1S/C63H123NO5/c1-3-5-7-9-11-13-15-17-18-19-20-21-22-23-24-26-29-32-35-39-43-47-51-55-61(66)60(59-65)64-62(67)56-52-48-44-40-36-33-30-27-25-28-31-34-38-42-46-50-54-58-69-63(68)57-53-49-45-41-37-16-14-12-10-8-6-4-2/h12,14,60-61,65-66H,3-11,13,15-59H2,1-2H3,(H,64,67)/b14-12-. The summed E-state index contributed by atoms with van der Waals surface area (Å²) < 4.78 is 5.46. The Morgan fingerprint density at radius 2 is 0.681 bits per heavy atom. The van der Waals surface area contributed by atoms with E-state index >= 15 is 0 Å². The lowest BCUT2D eigenvalue weighted by Crippen LogP contribution is -2.45. The van der Waals surface area contributed by atoms with Gasteiger partial charge in [0, 0.05) is 12.8 Å². The first-order chi connectivity index (χ1) is 34.0. The van der Waals surface area contributed by atoms with Crippen LogP contribution in [-0.2, 0) is 14.3 Å². The number of carbonyl (C=O) groups is 2. The predicted octanol–water partition coefficient (Wildman–Crippen LogP) is 19.6. The summed E-state index contributed by atoms with van der Waals surface area (Å²) in [6.07, 6.45) is 70.7. The van der Waals surface area contributed by atoms with Gasteiger partial charge in [0.05, 0.1) is 25.4 Å². The first-order valence-electron chi connectivity index (χ1n) is 31.4. The molecule has 0 spiro atoms. The largest absolute Gasteiger partial charge is 0.466 e. The number of ether oxygens (including phenoxy) is 1. The summed E-state index contributed by atoms with van der Waals surface area (Å²) in [5, 5.41) is 23.4. The number of amides is 1. The van der Waals surface area contributed by atoms with Crippen molar-refractivity contribution >= 4 is 11.9 Å². The second-order valence-electron chi connectivity index (χ2n) is 21.7. The highest BCUT2D eigenvalue weighted by atomic mass is 16.5. The van der Waals surface area contributed by atoms with E-state index in [1.165, 1.54) is 276 Å². The third kappa shape index (κ3) is 55.8. The molecule has 2 atom stereocenters. The van der Waals surface area contributed by atoms with Crippen LogP contribution < -0.4 is 5.32 Å². The summed E-state index contributed by atoms with van der Waals surface area (Å²) in [6.45, 7) is 4.95. The van der Waals surface area contributed by atoms with Gasteiger partial charge in [-0.05, 0) is 51.4 Å². The Kier molecular flexibility index (Phi) is 58.0. The monoisotopic (exact) mass is 974 g/mol. The Labute approximate surface area is 431 Å². The third-order valence-electron chi connectivity index (χ3n) is 14.8. The van der Waals surface area contributed by atoms with Crippen LogP contribution >= 0.6 is 0 Å². The zero-order valence-electron chi connectivity index (χ0n) is 46.8. The van der Waals surface area contributed by atoms with Gasteiger partial charge in [-0.25, -0.2) is 0 Å². The van der Waals surface area contributed by atoms with Crippen LogP contribution in [-0.4, -0.2) is 47.4 Å². The van der Waals surface area contributed by atoms with Crippen LogP contribution in [0.25, 0.3) is 0 Å². The first kappa shape index (κ1) is 67.6. The normalized spacial score (nSPS) is 12.6. The molecule has 1 amide bonds. The molecule has 0 saturated heterocycles. The van der Waals surface area contributed by atoms with Gasteiger partial charge in [-0.15, -0.1) is 0 Å². The number of carbonyl (C=O) groups excluding carboxylic acids is 2. The van der Waals surface area contributed by atoms with Crippen LogP contribution in [0.5, 0.6) is 0 Å². The molecule has 0 heterocycles. The minimum absolute atomic E-state index is 0.00365. The van der Waals surface area contributed by atoms with Crippen molar-refractivity contribution in [1.82, 2.24) is 5.32 Å². The summed E-state index contributed by atoms with van der Waals surface area (Å²) in [5.41, 5.74) is 0. The Bertz CT molecular complexity index is 1030. The van der Waals surface area contributed by atoms with Gasteiger partial charge in [-0.1, -0.05) is 302 Å². The highest BCUT2D eigenvalue weighted by Gasteiger charge is 2.20. The molecule has 6 heteroatoms. The molecule has 0 aromatic carbocycles. The Morgan fingerprint density at radius 1 is 0.391 bits per heavy atom. The Balaban J connectivity index is 3.41. The molecule has 0 aliphatic rings. The fourth-order valence-corrected chi connectivity index (χ4v) is 9.99. The van der Waals surface area contributed by atoms with Gasteiger partial charge in [-0.2, -0.15) is 0 Å². The molecule has 0 aromatic rings. The maximum atomic E-state index is 12.5. The molecule has 6 nitrogen and oxygen atoms in total. The van der Waals surface area contributed by atoms with Crippen LogP contribution in [0, 0.1) is 0 Å². The number of allylic oxidation sites excluding steroid dienone is 2. The number of hydrogen-bond acceptors (Lipinski definition) is 5. The molecule has 2 unspecified atom stereocenters. The molecule has 0 aliphatic carbocycles. The molecule has 0 bridgehead atoms.